The topological polar surface area (TPSA) is 43.4 Å². The highest BCUT2D eigenvalue weighted by atomic mass is 16.5. The molecule has 18 heavy (non-hydrogen) atoms. The Kier molecular flexibility index (Phi) is 2.21. The highest BCUT2D eigenvalue weighted by molar-refractivity contribution is 6.26. The first-order valence-electron chi connectivity index (χ1n) is 6.10. The summed E-state index contributed by atoms with van der Waals surface area (Å²) < 4.78 is 5.73. The molecule has 0 radical (unpaired) electrons. The van der Waals surface area contributed by atoms with Crippen LogP contribution in [0.4, 0.5) is 0 Å². The predicted octanol–water partition coefficient (Wildman–Crippen LogP) is 2.91. The van der Waals surface area contributed by atoms with Crippen molar-refractivity contribution in [1.29, 1.82) is 0 Å². The summed E-state index contributed by atoms with van der Waals surface area (Å²) in [7, 11) is 0. The third kappa shape index (κ3) is 1.50. The van der Waals surface area contributed by atoms with E-state index < -0.39 is 0 Å². The first kappa shape index (κ1) is 11.2. The molecule has 0 fully saturated rings. The maximum absolute atomic E-state index is 12.3. The number of hydrogen-bond acceptors (Lipinski definition) is 3. The van der Waals surface area contributed by atoms with Crippen molar-refractivity contribution in [2.45, 2.75) is 32.3 Å². The summed E-state index contributed by atoms with van der Waals surface area (Å²) >= 11 is 0. The van der Waals surface area contributed by atoms with Crippen LogP contribution in [0, 0.1) is 0 Å². The molecule has 0 unspecified atom stereocenters. The lowest BCUT2D eigenvalue weighted by atomic mass is 9.82. The number of allylic oxidation sites excluding steroid dienone is 2. The molecule has 1 aromatic rings. The Morgan fingerprint density at radius 2 is 1.67 bits per heavy atom. The molecule has 0 saturated heterocycles. The van der Waals surface area contributed by atoms with Gasteiger partial charge in [-0.3, -0.25) is 9.59 Å². The number of benzene rings is 1. The highest BCUT2D eigenvalue weighted by Crippen LogP contribution is 2.37. The van der Waals surface area contributed by atoms with E-state index in [9.17, 15) is 9.59 Å². The van der Waals surface area contributed by atoms with Crippen LogP contribution in [0.15, 0.2) is 35.6 Å². The monoisotopic (exact) mass is 242 g/mol. The number of carbonyl (C=O) groups excluding carboxylic acids is 2. The molecule has 0 amide bonds. The predicted molar refractivity (Wildman–Crippen MR) is 66.5 cm³/mol. The van der Waals surface area contributed by atoms with E-state index in [4.69, 9.17) is 4.74 Å². The van der Waals surface area contributed by atoms with Crippen molar-refractivity contribution in [3.8, 4) is 0 Å². The molecule has 92 valence electrons. The van der Waals surface area contributed by atoms with Crippen molar-refractivity contribution in [2.75, 3.05) is 0 Å². The SMILES string of the molecule is CC1(C)CCC2=C(O1)C(=O)c1ccccc1C2=O. The van der Waals surface area contributed by atoms with Crippen LogP contribution < -0.4 is 0 Å². The first-order chi connectivity index (χ1) is 8.49. The summed E-state index contributed by atoms with van der Waals surface area (Å²) in [5, 5.41) is 0. The molecule has 0 saturated carbocycles. The maximum atomic E-state index is 12.3. The van der Waals surface area contributed by atoms with Gasteiger partial charge in [-0.25, -0.2) is 0 Å². The standard InChI is InChI=1S/C15H14O3/c1-15(2)8-7-11-12(16)9-5-3-4-6-10(9)13(17)14(11)18-15/h3-6H,7-8H2,1-2H3. The van der Waals surface area contributed by atoms with Crippen LogP contribution >= 0.6 is 0 Å². The molecular formula is C15H14O3. The number of ether oxygens (including phenoxy) is 1. The van der Waals surface area contributed by atoms with Crippen molar-refractivity contribution in [2.24, 2.45) is 0 Å². The quantitative estimate of drug-likeness (QED) is 0.702. The minimum atomic E-state index is -0.374. The van der Waals surface area contributed by atoms with Gasteiger partial charge in [-0.15, -0.1) is 0 Å². The van der Waals surface area contributed by atoms with Crippen molar-refractivity contribution in [3.63, 3.8) is 0 Å². The van der Waals surface area contributed by atoms with E-state index in [0.717, 1.165) is 6.42 Å². The van der Waals surface area contributed by atoms with Crippen molar-refractivity contribution >= 4 is 11.6 Å². The maximum Gasteiger partial charge on any atom is 0.228 e. The second-order valence-electron chi connectivity index (χ2n) is 5.37. The summed E-state index contributed by atoms with van der Waals surface area (Å²) in [6.45, 7) is 3.88. The van der Waals surface area contributed by atoms with Gasteiger partial charge in [-0.05, 0) is 26.7 Å². The minimum Gasteiger partial charge on any atom is -0.483 e. The van der Waals surface area contributed by atoms with Gasteiger partial charge in [0.15, 0.2) is 11.5 Å². The van der Waals surface area contributed by atoms with Crippen LogP contribution in [0.3, 0.4) is 0 Å². The molecule has 0 aromatic heterocycles. The number of fused-ring (bicyclic) bond motifs is 1. The average Bonchev–Trinajstić information content (AvgIpc) is 2.35. The largest absolute Gasteiger partial charge is 0.483 e. The number of Topliss-reactive ketones (excluding diaryl/α,β-unsaturated/α-hetero) is 2. The molecule has 2 aliphatic rings. The van der Waals surface area contributed by atoms with Crippen LogP contribution in [-0.4, -0.2) is 17.2 Å². The van der Waals surface area contributed by atoms with Gasteiger partial charge < -0.3 is 4.74 Å². The first-order valence-corrected chi connectivity index (χ1v) is 6.10. The Morgan fingerprint density at radius 3 is 2.33 bits per heavy atom. The summed E-state index contributed by atoms with van der Waals surface area (Å²) in [4.78, 5) is 24.7. The van der Waals surface area contributed by atoms with Gasteiger partial charge in [0.25, 0.3) is 0 Å². The molecule has 0 atom stereocenters. The van der Waals surface area contributed by atoms with E-state index in [2.05, 4.69) is 0 Å². The smallest absolute Gasteiger partial charge is 0.228 e. The molecule has 0 N–H and O–H groups in total. The fourth-order valence-electron chi connectivity index (χ4n) is 2.49. The molecular weight excluding hydrogens is 228 g/mol. The minimum absolute atomic E-state index is 0.0595. The molecule has 1 aromatic carbocycles. The Hall–Kier alpha value is -1.90. The van der Waals surface area contributed by atoms with Crippen molar-refractivity contribution < 1.29 is 14.3 Å². The van der Waals surface area contributed by atoms with Gasteiger partial charge in [-0.2, -0.15) is 0 Å². The Morgan fingerprint density at radius 1 is 1.06 bits per heavy atom. The lowest BCUT2D eigenvalue weighted by molar-refractivity contribution is 0.0102. The molecule has 3 heteroatoms. The summed E-state index contributed by atoms with van der Waals surface area (Å²) in [6, 6.07) is 6.94. The van der Waals surface area contributed by atoms with E-state index in [1.54, 1.807) is 24.3 Å². The Bertz CT molecular complexity index is 594. The fourth-order valence-corrected chi connectivity index (χ4v) is 2.49. The van der Waals surface area contributed by atoms with Gasteiger partial charge in [0.1, 0.15) is 5.60 Å². The van der Waals surface area contributed by atoms with Crippen molar-refractivity contribution in [3.05, 3.63) is 46.7 Å². The zero-order valence-corrected chi connectivity index (χ0v) is 10.4. The van der Waals surface area contributed by atoms with E-state index in [1.165, 1.54) is 0 Å². The number of hydrogen-bond donors (Lipinski definition) is 0. The van der Waals surface area contributed by atoms with Gasteiger partial charge in [0.2, 0.25) is 5.78 Å². The molecule has 0 bridgehead atoms. The normalized spacial score (nSPS) is 21.2. The lowest BCUT2D eigenvalue weighted by Gasteiger charge is -2.35. The number of ketones is 2. The Labute approximate surface area is 105 Å². The Balaban J connectivity index is 2.16. The third-order valence-corrected chi connectivity index (χ3v) is 3.53. The van der Waals surface area contributed by atoms with E-state index in [1.807, 2.05) is 13.8 Å². The fraction of sp³-hybridized carbons (Fsp3) is 0.333. The van der Waals surface area contributed by atoms with Gasteiger partial charge in [-0.1, -0.05) is 24.3 Å². The van der Waals surface area contributed by atoms with Crippen LogP contribution in [0.25, 0.3) is 0 Å². The summed E-state index contributed by atoms with van der Waals surface area (Å²) in [6.07, 6.45) is 1.37. The van der Waals surface area contributed by atoms with E-state index >= 15 is 0 Å². The second kappa shape index (κ2) is 3.55. The number of rotatable bonds is 0. The molecule has 0 spiro atoms. The van der Waals surface area contributed by atoms with Gasteiger partial charge in [0, 0.05) is 16.7 Å². The third-order valence-electron chi connectivity index (χ3n) is 3.53. The van der Waals surface area contributed by atoms with Crippen LogP contribution in [0.5, 0.6) is 0 Å². The molecule has 3 nitrogen and oxygen atoms in total. The van der Waals surface area contributed by atoms with E-state index in [0.29, 0.717) is 23.1 Å². The summed E-state index contributed by atoms with van der Waals surface area (Å²) in [5.74, 6) is 0.0404. The van der Waals surface area contributed by atoms with E-state index in [-0.39, 0.29) is 22.9 Å². The number of carbonyl (C=O) groups is 2. The molecule has 1 aliphatic carbocycles. The van der Waals surface area contributed by atoms with Crippen LogP contribution in [-0.2, 0) is 4.74 Å². The highest BCUT2D eigenvalue weighted by Gasteiger charge is 2.39. The van der Waals surface area contributed by atoms with Crippen LogP contribution in [0.1, 0.15) is 47.4 Å². The average molecular weight is 242 g/mol. The molecule has 1 aliphatic heterocycles. The summed E-state index contributed by atoms with van der Waals surface area (Å²) in [5.41, 5.74) is 1.13. The zero-order chi connectivity index (χ0) is 12.9. The van der Waals surface area contributed by atoms with Crippen LogP contribution in [0.2, 0.25) is 0 Å². The van der Waals surface area contributed by atoms with Gasteiger partial charge in [0.05, 0.1) is 0 Å². The van der Waals surface area contributed by atoms with Crippen molar-refractivity contribution in [1.82, 2.24) is 0 Å². The molecule has 1 heterocycles. The lowest BCUT2D eigenvalue weighted by Crippen LogP contribution is -2.35. The van der Waals surface area contributed by atoms with Gasteiger partial charge >= 0.3 is 0 Å². The second-order valence-corrected chi connectivity index (χ2v) is 5.37. The molecule has 3 rings (SSSR count). The zero-order valence-electron chi connectivity index (χ0n) is 10.4.